The van der Waals surface area contributed by atoms with Gasteiger partial charge in [-0.15, -0.1) is 0 Å². The molecule has 3 nitrogen and oxygen atoms in total. The summed E-state index contributed by atoms with van der Waals surface area (Å²) in [5.74, 6) is -0.760. The minimum Gasteiger partial charge on any atom is -0.384 e. The molecule has 0 aliphatic carbocycles. The summed E-state index contributed by atoms with van der Waals surface area (Å²) in [5.41, 5.74) is 7.12. The van der Waals surface area contributed by atoms with Gasteiger partial charge >= 0.3 is 0 Å². The molecule has 0 radical (unpaired) electrons. The fourth-order valence-electron chi connectivity index (χ4n) is 1.74. The van der Waals surface area contributed by atoms with Gasteiger partial charge in [0.1, 0.15) is 11.7 Å². The minimum atomic E-state index is -0.486. The van der Waals surface area contributed by atoms with Crippen molar-refractivity contribution in [2.45, 2.75) is 6.54 Å². The van der Waals surface area contributed by atoms with Crippen LogP contribution in [0.25, 0.3) is 0 Å². The van der Waals surface area contributed by atoms with E-state index < -0.39 is 5.82 Å². The second-order valence-corrected chi connectivity index (χ2v) is 3.92. The third kappa shape index (κ3) is 2.66. The van der Waals surface area contributed by atoms with Crippen molar-refractivity contribution in [1.29, 1.82) is 5.41 Å². The van der Waals surface area contributed by atoms with Crippen molar-refractivity contribution in [1.82, 2.24) is 0 Å². The molecule has 2 aromatic rings. The molecule has 0 heterocycles. The zero-order valence-electron chi connectivity index (χ0n) is 9.78. The standard InChI is InChI=1S/C14H14FN3/c15-11-7-4-8-12(13(11)14(16)17)18-9-10-5-2-1-3-6-10/h1-8,18H,9H2,(H3,16,17). The Kier molecular flexibility index (Phi) is 3.57. The van der Waals surface area contributed by atoms with Crippen LogP contribution < -0.4 is 11.1 Å². The van der Waals surface area contributed by atoms with Crippen LogP contribution in [0.2, 0.25) is 0 Å². The van der Waals surface area contributed by atoms with Crippen LogP contribution in [0.15, 0.2) is 48.5 Å². The zero-order valence-corrected chi connectivity index (χ0v) is 9.78. The molecule has 0 spiro atoms. The van der Waals surface area contributed by atoms with Gasteiger partial charge in [-0.3, -0.25) is 5.41 Å². The Morgan fingerprint density at radius 3 is 2.50 bits per heavy atom. The third-order valence-electron chi connectivity index (χ3n) is 2.61. The molecule has 92 valence electrons. The van der Waals surface area contributed by atoms with Crippen LogP contribution in [0.5, 0.6) is 0 Å². The lowest BCUT2D eigenvalue weighted by Crippen LogP contribution is -2.16. The minimum absolute atomic E-state index is 0.119. The summed E-state index contributed by atoms with van der Waals surface area (Å²) in [6.07, 6.45) is 0. The summed E-state index contributed by atoms with van der Waals surface area (Å²) in [7, 11) is 0. The van der Waals surface area contributed by atoms with Crippen molar-refractivity contribution in [3.8, 4) is 0 Å². The van der Waals surface area contributed by atoms with Crippen LogP contribution in [0.3, 0.4) is 0 Å². The maximum absolute atomic E-state index is 13.6. The highest BCUT2D eigenvalue weighted by Gasteiger charge is 2.10. The summed E-state index contributed by atoms with van der Waals surface area (Å²) in [5, 5.41) is 10.5. The SMILES string of the molecule is N=C(N)c1c(F)cccc1NCc1ccccc1. The van der Waals surface area contributed by atoms with E-state index in [0.29, 0.717) is 12.2 Å². The van der Waals surface area contributed by atoms with Crippen LogP contribution in [0, 0.1) is 11.2 Å². The topological polar surface area (TPSA) is 61.9 Å². The highest BCUT2D eigenvalue weighted by atomic mass is 19.1. The molecule has 4 heteroatoms. The van der Waals surface area contributed by atoms with Gasteiger partial charge in [-0.2, -0.15) is 0 Å². The number of halogens is 1. The van der Waals surface area contributed by atoms with Crippen LogP contribution in [-0.4, -0.2) is 5.84 Å². The van der Waals surface area contributed by atoms with Gasteiger partial charge in [0.2, 0.25) is 0 Å². The second kappa shape index (κ2) is 5.31. The number of nitrogen functional groups attached to an aromatic ring is 1. The molecule has 0 unspecified atom stereocenters. The average molecular weight is 243 g/mol. The Morgan fingerprint density at radius 1 is 1.11 bits per heavy atom. The molecule has 0 aliphatic heterocycles. The molecule has 18 heavy (non-hydrogen) atoms. The van der Waals surface area contributed by atoms with Crippen LogP contribution in [-0.2, 0) is 6.54 Å². The highest BCUT2D eigenvalue weighted by Crippen LogP contribution is 2.19. The van der Waals surface area contributed by atoms with E-state index in [0.717, 1.165) is 5.56 Å². The maximum atomic E-state index is 13.6. The lowest BCUT2D eigenvalue weighted by atomic mass is 10.1. The van der Waals surface area contributed by atoms with Gasteiger partial charge in [-0.1, -0.05) is 36.4 Å². The number of hydrogen-bond acceptors (Lipinski definition) is 2. The van der Waals surface area contributed by atoms with E-state index in [2.05, 4.69) is 5.32 Å². The first-order chi connectivity index (χ1) is 8.68. The molecule has 0 bridgehead atoms. The Morgan fingerprint density at radius 2 is 1.83 bits per heavy atom. The normalized spacial score (nSPS) is 10.1. The number of rotatable bonds is 4. The van der Waals surface area contributed by atoms with E-state index in [9.17, 15) is 4.39 Å². The lowest BCUT2D eigenvalue weighted by Gasteiger charge is -2.11. The van der Waals surface area contributed by atoms with E-state index in [1.54, 1.807) is 12.1 Å². The summed E-state index contributed by atoms with van der Waals surface area (Å²) in [6.45, 7) is 0.560. The van der Waals surface area contributed by atoms with Crippen molar-refractivity contribution < 1.29 is 4.39 Å². The second-order valence-electron chi connectivity index (χ2n) is 3.92. The zero-order chi connectivity index (χ0) is 13.0. The molecule has 0 aromatic heterocycles. The smallest absolute Gasteiger partial charge is 0.136 e. The molecule has 2 aromatic carbocycles. The number of benzene rings is 2. The molecule has 0 atom stereocenters. The number of anilines is 1. The van der Waals surface area contributed by atoms with Gasteiger partial charge in [0.25, 0.3) is 0 Å². The van der Waals surface area contributed by atoms with Crippen molar-refractivity contribution >= 4 is 11.5 Å². The Labute approximate surface area is 105 Å². The third-order valence-corrected chi connectivity index (χ3v) is 2.61. The molecule has 0 amide bonds. The van der Waals surface area contributed by atoms with E-state index >= 15 is 0 Å². The molecular formula is C14H14FN3. The van der Waals surface area contributed by atoms with Gasteiger partial charge in [-0.05, 0) is 17.7 Å². The fourth-order valence-corrected chi connectivity index (χ4v) is 1.74. The molecular weight excluding hydrogens is 229 g/mol. The summed E-state index contributed by atoms with van der Waals surface area (Å²) < 4.78 is 13.6. The fraction of sp³-hybridized carbons (Fsp3) is 0.0714. The molecule has 2 rings (SSSR count). The van der Waals surface area contributed by atoms with E-state index in [4.69, 9.17) is 11.1 Å². The largest absolute Gasteiger partial charge is 0.384 e. The van der Waals surface area contributed by atoms with Gasteiger partial charge in [0.15, 0.2) is 0 Å². The molecule has 0 saturated heterocycles. The first kappa shape index (κ1) is 12.1. The maximum Gasteiger partial charge on any atom is 0.136 e. The summed E-state index contributed by atoms with van der Waals surface area (Å²) >= 11 is 0. The van der Waals surface area contributed by atoms with Gasteiger partial charge in [0.05, 0.1) is 5.56 Å². The van der Waals surface area contributed by atoms with Gasteiger partial charge in [0, 0.05) is 12.2 Å². The highest BCUT2D eigenvalue weighted by molar-refractivity contribution is 6.00. The quantitative estimate of drug-likeness (QED) is 0.571. The van der Waals surface area contributed by atoms with Crippen molar-refractivity contribution in [3.63, 3.8) is 0 Å². The van der Waals surface area contributed by atoms with E-state index in [-0.39, 0.29) is 11.4 Å². The summed E-state index contributed by atoms with van der Waals surface area (Å²) in [6, 6.07) is 14.4. The predicted octanol–water partition coefficient (Wildman–Crippen LogP) is 2.72. The Bertz CT molecular complexity index is 552. The molecule has 0 saturated carbocycles. The number of hydrogen-bond donors (Lipinski definition) is 3. The lowest BCUT2D eigenvalue weighted by molar-refractivity contribution is 0.625. The molecule has 0 aliphatic rings. The monoisotopic (exact) mass is 243 g/mol. The average Bonchev–Trinajstić information content (AvgIpc) is 2.37. The van der Waals surface area contributed by atoms with Crippen molar-refractivity contribution in [2.75, 3.05) is 5.32 Å². The van der Waals surface area contributed by atoms with E-state index in [1.807, 2.05) is 30.3 Å². The van der Waals surface area contributed by atoms with Gasteiger partial charge < -0.3 is 11.1 Å². The number of nitrogens with two attached hydrogens (primary N) is 1. The van der Waals surface area contributed by atoms with E-state index in [1.165, 1.54) is 6.07 Å². The number of amidine groups is 1. The molecule has 4 N–H and O–H groups in total. The number of nitrogens with one attached hydrogen (secondary N) is 2. The van der Waals surface area contributed by atoms with Crippen LogP contribution >= 0.6 is 0 Å². The van der Waals surface area contributed by atoms with Crippen molar-refractivity contribution in [2.24, 2.45) is 5.73 Å². The van der Waals surface area contributed by atoms with Crippen LogP contribution in [0.1, 0.15) is 11.1 Å². The van der Waals surface area contributed by atoms with Gasteiger partial charge in [-0.25, -0.2) is 4.39 Å². The van der Waals surface area contributed by atoms with Crippen molar-refractivity contribution in [3.05, 3.63) is 65.5 Å². The first-order valence-electron chi connectivity index (χ1n) is 5.59. The Hall–Kier alpha value is -2.36. The summed E-state index contributed by atoms with van der Waals surface area (Å²) in [4.78, 5) is 0. The Balaban J connectivity index is 2.20. The first-order valence-corrected chi connectivity index (χ1v) is 5.59. The predicted molar refractivity (Wildman–Crippen MR) is 71.2 cm³/mol. The molecule has 0 fully saturated rings. The van der Waals surface area contributed by atoms with Crippen LogP contribution in [0.4, 0.5) is 10.1 Å².